The van der Waals surface area contributed by atoms with E-state index in [0.29, 0.717) is 12.0 Å². The van der Waals surface area contributed by atoms with E-state index in [0.717, 1.165) is 10.6 Å². The van der Waals surface area contributed by atoms with Crippen LogP contribution in [0.15, 0.2) is 53.4 Å². The van der Waals surface area contributed by atoms with Crippen molar-refractivity contribution in [1.29, 1.82) is 0 Å². The van der Waals surface area contributed by atoms with E-state index in [1.54, 1.807) is 6.07 Å². The predicted molar refractivity (Wildman–Crippen MR) is 112 cm³/mol. The maximum atomic E-state index is 12.8. The van der Waals surface area contributed by atoms with Crippen molar-refractivity contribution in [2.75, 3.05) is 16.8 Å². The van der Waals surface area contributed by atoms with Crippen LogP contribution < -0.4 is 5.32 Å². The van der Waals surface area contributed by atoms with E-state index < -0.39 is 9.84 Å². The molecule has 1 amide bonds. The molecule has 1 fully saturated rings. The van der Waals surface area contributed by atoms with E-state index in [1.165, 1.54) is 17.3 Å². The van der Waals surface area contributed by atoms with E-state index in [2.05, 4.69) is 26.1 Å². The first-order valence-corrected chi connectivity index (χ1v) is 11.7. The van der Waals surface area contributed by atoms with Gasteiger partial charge < -0.3 is 5.32 Å². The summed E-state index contributed by atoms with van der Waals surface area (Å²) >= 11 is 1.48. The zero-order valence-corrected chi connectivity index (χ0v) is 17.5. The zero-order valence-electron chi connectivity index (χ0n) is 15.9. The summed E-state index contributed by atoms with van der Waals surface area (Å²) in [6.07, 6.45) is 0.636. The van der Waals surface area contributed by atoms with Gasteiger partial charge in [-0.05, 0) is 41.7 Å². The number of nitrogens with one attached hydrogen (secondary N) is 1. The van der Waals surface area contributed by atoms with Crippen LogP contribution in [0.3, 0.4) is 0 Å². The number of anilines is 1. The van der Waals surface area contributed by atoms with Crippen molar-refractivity contribution in [3.63, 3.8) is 0 Å². The first-order valence-electron chi connectivity index (χ1n) is 9.02. The summed E-state index contributed by atoms with van der Waals surface area (Å²) in [6, 6.07) is 15.3. The van der Waals surface area contributed by atoms with Crippen LogP contribution in [0.2, 0.25) is 0 Å². The Morgan fingerprint density at radius 3 is 2.33 bits per heavy atom. The molecule has 2 aromatic carbocycles. The van der Waals surface area contributed by atoms with Crippen molar-refractivity contribution in [3.05, 3.63) is 59.7 Å². The minimum Gasteiger partial charge on any atom is -0.322 e. The van der Waals surface area contributed by atoms with Gasteiger partial charge in [-0.3, -0.25) is 4.79 Å². The molecular weight excluding hydrogens is 378 g/mol. The smallest absolute Gasteiger partial charge is 0.256 e. The van der Waals surface area contributed by atoms with Crippen LogP contribution in [-0.4, -0.2) is 31.1 Å². The second kappa shape index (κ2) is 7.68. The van der Waals surface area contributed by atoms with Gasteiger partial charge in [0, 0.05) is 15.8 Å². The first kappa shape index (κ1) is 20.0. The lowest BCUT2D eigenvalue weighted by atomic mass is 9.87. The Morgan fingerprint density at radius 1 is 1.07 bits per heavy atom. The van der Waals surface area contributed by atoms with Crippen LogP contribution in [0.25, 0.3) is 0 Å². The molecule has 0 bridgehead atoms. The molecule has 0 saturated carbocycles. The third-order valence-electron chi connectivity index (χ3n) is 4.62. The zero-order chi connectivity index (χ0) is 19.7. The van der Waals surface area contributed by atoms with Gasteiger partial charge in [-0.25, -0.2) is 8.42 Å². The lowest BCUT2D eigenvalue weighted by Gasteiger charge is -2.19. The van der Waals surface area contributed by atoms with E-state index in [9.17, 15) is 13.2 Å². The molecule has 0 aromatic heterocycles. The molecule has 1 saturated heterocycles. The fourth-order valence-electron chi connectivity index (χ4n) is 3.04. The quantitative estimate of drug-likeness (QED) is 0.815. The highest BCUT2D eigenvalue weighted by atomic mass is 32.2. The van der Waals surface area contributed by atoms with Crippen LogP contribution in [0, 0.1) is 0 Å². The summed E-state index contributed by atoms with van der Waals surface area (Å²) in [5, 5.41) is 2.96. The van der Waals surface area contributed by atoms with Crippen molar-refractivity contribution < 1.29 is 13.2 Å². The molecule has 6 heteroatoms. The van der Waals surface area contributed by atoms with Crippen LogP contribution in [-0.2, 0) is 15.3 Å². The summed E-state index contributed by atoms with van der Waals surface area (Å²) in [4.78, 5) is 13.6. The summed E-state index contributed by atoms with van der Waals surface area (Å²) in [5.74, 6) is 0.239. The molecule has 1 heterocycles. The molecule has 144 valence electrons. The highest BCUT2D eigenvalue weighted by Crippen LogP contribution is 2.33. The first-order chi connectivity index (χ1) is 12.6. The highest BCUT2D eigenvalue weighted by Gasteiger charge is 2.29. The van der Waals surface area contributed by atoms with Gasteiger partial charge in [-0.1, -0.05) is 45.0 Å². The lowest BCUT2D eigenvalue weighted by Crippen LogP contribution is -2.15. The Labute approximate surface area is 165 Å². The number of carbonyl (C=O) groups is 1. The maximum Gasteiger partial charge on any atom is 0.256 e. The minimum atomic E-state index is -2.93. The molecule has 0 unspecified atom stereocenters. The fourth-order valence-corrected chi connectivity index (χ4v) is 6.67. The van der Waals surface area contributed by atoms with E-state index in [-0.39, 0.29) is 28.1 Å². The lowest BCUT2D eigenvalue weighted by molar-refractivity contribution is 0.102. The molecular formula is C21H25NO3S2. The number of thioether (sulfide) groups is 1. The van der Waals surface area contributed by atoms with Crippen LogP contribution >= 0.6 is 11.8 Å². The Hall–Kier alpha value is -1.79. The molecule has 4 nitrogen and oxygen atoms in total. The monoisotopic (exact) mass is 403 g/mol. The van der Waals surface area contributed by atoms with Gasteiger partial charge in [0.25, 0.3) is 5.91 Å². The van der Waals surface area contributed by atoms with Crippen LogP contribution in [0.1, 0.15) is 43.1 Å². The van der Waals surface area contributed by atoms with E-state index in [4.69, 9.17) is 0 Å². The molecule has 0 radical (unpaired) electrons. The molecule has 0 spiro atoms. The van der Waals surface area contributed by atoms with Crippen LogP contribution in [0.4, 0.5) is 5.69 Å². The molecule has 1 aliphatic heterocycles. The molecule has 1 N–H and O–H groups in total. The Morgan fingerprint density at radius 2 is 1.74 bits per heavy atom. The maximum absolute atomic E-state index is 12.8. The molecule has 2 aromatic rings. The van der Waals surface area contributed by atoms with E-state index in [1.807, 2.05) is 42.5 Å². The Bertz CT molecular complexity index is 929. The van der Waals surface area contributed by atoms with Gasteiger partial charge >= 0.3 is 0 Å². The van der Waals surface area contributed by atoms with E-state index >= 15 is 0 Å². The number of benzene rings is 2. The van der Waals surface area contributed by atoms with Crippen molar-refractivity contribution in [2.24, 2.45) is 0 Å². The van der Waals surface area contributed by atoms with Gasteiger partial charge in [0.15, 0.2) is 9.84 Å². The number of amides is 1. The van der Waals surface area contributed by atoms with Gasteiger partial charge in [0.05, 0.1) is 17.1 Å². The normalized spacial score (nSPS) is 19.0. The summed E-state index contributed by atoms with van der Waals surface area (Å²) in [5.41, 5.74) is 2.59. The largest absolute Gasteiger partial charge is 0.322 e. The van der Waals surface area contributed by atoms with Crippen molar-refractivity contribution >= 4 is 33.2 Å². The van der Waals surface area contributed by atoms with Gasteiger partial charge in [0.2, 0.25) is 0 Å². The second-order valence-corrected chi connectivity index (χ2v) is 11.5. The number of rotatable bonds is 4. The third kappa shape index (κ3) is 5.14. The van der Waals surface area contributed by atoms with Gasteiger partial charge in [-0.2, -0.15) is 0 Å². The summed E-state index contributed by atoms with van der Waals surface area (Å²) < 4.78 is 23.4. The molecule has 1 atom stereocenters. The second-order valence-electron chi connectivity index (χ2n) is 7.92. The molecule has 0 aliphatic carbocycles. The highest BCUT2D eigenvalue weighted by molar-refractivity contribution is 8.02. The molecule has 1 aliphatic rings. The standard InChI is InChI=1S/C21H25NO3S2/c1-21(2,3)15-8-10-16(11-9-15)22-20(23)18-6-4-5-7-19(18)26-17-12-13-27(24,25)14-17/h4-11,17H,12-14H2,1-3H3,(H,22,23)/t17-/m0/s1. The number of carbonyl (C=O) groups excluding carboxylic acids is 1. The third-order valence-corrected chi connectivity index (χ3v) is 7.95. The summed E-state index contributed by atoms with van der Waals surface area (Å²) in [6.45, 7) is 6.45. The minimum absolute atomic E-state index is 0.00928. The van der Waals surface area contributed by atoms with Crippen molar-refractivity contribution in [1.82, 2.24) is 0 Å². The average molecular weight is 404 g/mol. The number of hydrogen-bond acceptors (Lipinski definition) is 4. The number of hydrogen-bond donors (Lipinski definition) is 1. The number of sulfone groups is 1. The Balaban J connectivity index is 1.73. The summed E-state index contributed by atoms with van der Waals surface area (Å²) in [7, 11) is -2.93. The topological polar surface area (TPSA) is 63.2 Å². The fraction of sp³-hybridized carbons (Fsp3) is 0.381. The van der Waals surface area contributed by atoms with Gasteiger partial charge in [0.1, 0.15) is 0 Å². The molecule has 27 heavy (non-hydrogen) atoms. The van der Waals surface area contributed by atoms with Crippen LogP contribution in [0.5, 0.6) is 0 Å². The van der Waals surface area contributed by atoms with Crippen molar-refractivity contribution in [3.8, 4) is 0 Å². The molecule has 3 rings (SSSR count). The SMILES string of the molecule is CC(C)(C)c1ccc(NC(=O)c2ccccc2S[C@H]2CCS(=O)(=O)C2)cc1. The Kier molecular flexibility index (Phi) is 5.68. The predicted octanol–water partition coefficient (Wildman–Crippen LogP) is 4.52. The van der Waals surface area contributed by atoms with Crippen molar-refractivity contribution in [2.45, 2.75) is 42.8 Å². The average Bonchev–Trinajstić information content (AvgIpc) is 2.93. The van der Waals surface area contributed by atoms with Gasteiger partial charge in [-0.15, -0.1) is 11.8 Å².